The average molecular weight is 302 g/mol. The quantitative estimate of drug-likeness (QED) is 0.907. The maximum absolute atomic E-state index is 11.7. The van der Waals surface area contributed by atoms with Gasteiger partial charge in [0.2, 0.25) is 5.91 Å². The fraction of sp³-hybridized carbons (Fsp3) is 0.500. The second-order valence-corrected chi connectivity index (χ2v) is 5.45. The van der Waals surface area contributed by atoms with E-state index in [1.54, 1.807) is 18.2 Å². The first-order valence-electron chi connectivity index (χ1n) is 6.48. The Hall–Kier alpha value is -0.770. The van der Waals surface area contributed by atoms with Crippen LogP contribution in [0.3, 0.4) is 0 Å². The summed E-state index contributed by atoms with van der Waals surface area (Å²) in [5.41, 5.74) is 0.832. The fourth-order valence-electron chi connectivity index (χ4n) is 2.13. The molecule has 1 unspecified atom stereocenters. The van der Waals surface area contributed by atoms with Gasteiger partial charge in [0.15, 0.2) is 0 Å². The summed E-state index contributed by atoms with van der Waals surface area (Å²) in [7, 11) is 0. The molecule has 0 bridgehead atoms. The van der Waals surface area contributed by atoms with Gasteiger partial charge >= 0.3 is 0 Å². The number of carbonyl (C=O) groups excluding carboxylic acids is 1. The van der Waals surface area contributed by atoms with E-state index in [0.717, 1.165) is 25.0 Å². The van der Waals surface area contributed by atoms with E-state index in [9.17, 15) is 4.79 Å². The monoisotopic (exact) mass is 301 g/mol. The van der Waals surface area contributed by atoms with E-state index in [2.05, 4.69) is 5.32 Å². The summed E-state index contributed by atoms with van der Waals surface area (Å²) < 4.78 is 5.45. The Kier molecular flexibility index (Phi) is 5.49. The molecule has 1 fully saturated rings. The van der Waals surface area contributed by atoms with Crippen LogP contribution in [-0.4, -0.2) is 25.2 Å². The van der Waals surface area contributed by atoms with Gasteiger partial charge in [-0.25, -0.2) is 0 Å². The molecule has 1 N–H and O–H groups in total. The molecular formula is C14H17Cl2NO2. The highest BCUT2D eigenvalue weighted by molar-refractivity contribution is 6.36. The van der Waals surface area contributed by atoms with Crippen molar-refractivity contribution >= 4 is 29.1 Å². The van der Waals surface area contributed by atoms with Crippen molar-refractivity contribution in [2.24, 2.45) is 0 Å². The summed E-state index contributed by atoms with van der Waals surface area (Å²) in [4.78, 5) is 11.7. The van der Waals surface area contributed by atoms with Crippen molar-refractivity contribution < 1.29 is 9.53 Å². The first kappa shape index (κ1) is 14.6. The third-order valence-corrected chi connectivity index (χ3v) is 3.92. The molecule has 0 radical (unpaired) electrons. The number of amides is 1. The highest BCUT2D eigenvalue weighted by Crippen LogP contribution is 2.25. The van der Waals surface area contributed by atoms with Gasteiger partial charge in [-0.2, -0.15) is 0 Å². The van der Waals surface area contributed by atoms with Crippen molar-refractivity contribution in [2.75, 3.05) is 13.2 Å². The molecule has 104 valence electrons. The second-order valence-electron chi connectivity index (χ2n) is 4.64. The lowest BCUT2D eigenvalue weighted by Crippen LogP contribution is -2.31. The molecule has 1 aromatic rings. The Labute approximate surface area is 123 Å². The molecule has 2 rings (SSSR count). The van der Waals surface area contributed by atoms with Crippen molar-refractivity contribution in [3.05, 3.63) is 33.8 Å². The topological polar surface area (TPSA) is 38.3 Å². The Balaban J connectivity index is 1.76. The van der Waals surface area contributed by atoms with Gasteiger partial charge in [-0.1, -0.05) is 29.3 Å². The predicted octanol–water partition coefficient (Wildman–Crippen LogP) is 3.22. The maximum atomic E-state index is 11.7. The van der Waals surface area contributed by atoms with E-state index in [-0.39, 0.29) is 12.0 Å². The van der Waals surface area contributed by atoms with Crippen LogP contribution in [0.15, 0.2) is 18.2 Å². The van der Waals surface area contributed by atoms with Gasteiger partial charge in [-0.3, -0.25) is 4.79 Å². The van der Waals surface area contributed by atoms with E-state index in [0.29, 0.717) is 29.4 Å². The molecule has 1 saturated heterocycles. The van der Waals surface area contributed by atoms with Gasteiger partial charge in [0.1, 0.15) is 0 Å². The maximum Gasteiger partial charge on any atom is 0.220 e. The highest BCUT2D eigenvalue weighted by Gasteiger charge is 2.16. The Morgan fingerprint density at radius 3 is 2.74 bits per heavy atom. The lowest BCUT2D eigenvalue weighted by atomic mass is 10.1. The highest BCUT2D eigenvalue weighted by atomic mass is 35.5. The van der Waals surface area contributed by atoms with Gasteiger partial charge < -0.3 is 10.1 Å². The molecule has 5 heteroatoms. The Morgan fingerprint density at radius 1 is 1.37 bits per heavy atom. The largest absolute Gasteiger partial charge is 0.376 e. The molecule has 1 aromatic carbocycles. The first-order chi connectivity index (χ1) is 9.16. The molecule has 0 saturated carbocycles. The van der Waals surface area contributed by atoms with Crippen LogP contribution in [-0.2, 0) is 16.0 Å². The van der Waals surface area contributed by atoms with Crippen LogP contribution in [0.25, 0.3) is 0 Å². The minimum atomic E-state index is 0.00601. The van der Waals surface area contributed by atoms with E-state index in [1.165, 1.54) is 0 Å². The molecule has 0 aromatic heterocycles. The van der Waals surface area contributed by atoms with Crippen LogP contribution in [0.5, 0.6) is 0 Å². The van der Waals surface area contributed by atoms with Crippen LogP contribution in [0.2, 0.25) is 10.0 Å². The number of hydrogen-bond donors (Lipinski definition) is 1. The molecule has 0 spiro atoms. The van der Waals surface area contributed by atoms with E-state index in [1.807, 2.05) is 0 Å². The van der Waals surface area contributed by atoms with Crippen molar-refractivity contribution in [1.82, 2.24) is 5.32 Å². The standard InChI is InChI=1S/C14H17Cl2NO2/c15-12-4-1-5-13(16)11(12)6-7-14(18)17-9-10-3-2-8-19-10/h1,4-5,10H,2-3,6-9H2,(H,17,18). The van der Waals surface area contributed by atoms with Gasteiger partial charge in [0.25, 0.3) is 0 Å². The lowest BCUT2D eigenvalue weighted by Gasteiger charge is -2.11. The molecule has 1 atom stereocenters. The third-order valence-electron chi connectivity index (χ3n) is 3.21. The third kappa shape index (κ3) is 4.37. The number of nitrogens with one attached hydrogen (secondary N) is 1. The van der Waals surface area contributed by atoms with Crippen LogP contribution < -0.4 is 5.32 Å². The second kappa shape index (κ2) is 7.13. The summed E-state index contributed by atoms with van der Waals surface area (Å²) in [6.45, 7) is 1.39. The summed E-state index contributed by atoms with van der Waals surface area (Å²) in [6, 6.07) is 5.37. The van der Waals surface area contributed by atoms with Gasteiger partial charge in [0, 0.05) is 29.6 Å². The average Bonchev–Trinajstić information content (AvgIpc) is 2.89. The van der Waals surface area contributed by atoms with Crippen molar-refractivity contribution in [3.8, 4) is 0 Å². The number of rotatable bonds is 5. The number of carbonyl (C=O) groups is 1. The van der Waals surface area contributed by atoms with E-state index < -0.39 is 0 Å². The number of hydrogen-bond acceptors (Lipinski definition) is 2. The predicted molar refractivity (Wildman–Crippen MR) is 76.8 cm³/mol. The van der Waals surface area contributed by atoms with Crippen molar-refractivity contribution in [1.29, 1.82) is 0 Å². The summed E-state index contributed by atoms with van der Waals surface area (Å²) in [5.74, 6) is 0.00601. The molecule has 19 heavy (non-hydrogen) atoms. The fourth-order valence-corrected chi connectivity index (χ4v) is 2.72. The minimum Gasteiger partial charge on any atom is -0.376 e. The zero-order valence-corrected chi connectivity index (χ0v) is 12.1. The van der Waals surface area contributed by atoms with Gasteiger partial charge in [-0.05, 0) is 37.0 Å². The molecule has 1 aliphatic rings. The van der Waals surface area contributed by atoms with Crippen LogP contribution in [0.4, 0.5) is 0 Å². The SMILES string of the molecule is O=C(CCc1c(Cl)cccc1Cl)NCC1CCCO1. The summed E-state index contributed by atoms with van der Waals surface area (Å²) in [5, 5.41) is 4.10. The van der Waals surface area contributed by atoms with Gasteiger partial charge in [0.05, 0.1) is 6.10 Å². The number of ether oxygens (including phenoxy) is 1. The van der Waals surface area contributed by atoms with Crippen LogP contribution >= 0.6 is 23.2 Å². The Bertz CT molecular complexity index is 425. The molecule has 1 amide bonds. The van der Waals surface area contributed by atoms with Gasteiger partial charge in [-0.15, -0.1) is 0 Å². The van der Waals surface area contributed by atoms with E-state index in [4.69, 9.17) is 27.9 Å². The summed E-state index contributed by atoms with van der Waals surface area (Å²) >= 11 is 12.1. The van der Waals surface area contributed by atoms with E-state index >= 15 is 0 Å². The molecule has 1 aliphatic heterocycles. The zero-order chi connectivity index (χ0) is 13.7. The number of benzene rings is 1. The smallest absolute Gasteiger partial charge is 0.220 e. The van der Waals surface area contributed by atoms with Crippen LogP contribution in [0, 0.1) is 0 Å². The van der Waals surface area contributed by atoms with Crippen molar-refractivity contribution in [3.63, 3.8) is 0 Å². The van der Waals surface area contributed by atoms with Crippen molar-refractivity contribution in [2.45, 2.75) is 31.8 Å². The first-order valence-corrected chi connectivity index (χ1v) is 7.23. The molecule has 1 heterocycles. The Morgan fingerprint density at radius 2 is 2.11 bits per heavy atom. The number of halogens is 2. The summed E-state index contributed by atoms with van der Waals surface area (Å²) in [6.07, 6.45) is 3.21. The molecule has 0 aliphatic carbocycles. The molecular weight excluding hydrogens is 285 g/mol. The minimum absolute atomic E-state index is 0.00601. The normalized spacial score (nSPS) is 18.5. The zero-order valence-electron chi connectivity index (χ0n) is 10.6. The van der Waals surface area contributed by atoms with Crippen LogP contribution in [0.1, 0.15) is 24.8 Å². The molecule has 3 nitrogen and oxygen atoms in total. The lowest BCUT2D eigenvalue weighted by molar-refractivity contribution is -0.121.